The Hall–Kier alpha value is -1.08. The second kappa shape index (κ2) is 5.96. The van der Waals surface area contributed by atoms with Gasteiger partial charge in [-0.25, -0.2) is 0 Å². The molecular weight excluding hydrogens is 254 g/mol. The molecule has 4 unspecified atom stereocenters. The molecule has 2 saturated carbocycles. The topological polar surface area (TPSA) is 12.0 Å². The summed E-state index contributed by atoms with van der Waals surface area (Å²) in [4.78, 5) is 0. The van der Waals surface area contributed by atoms with Crippen molar-refractivity contribution >= 4 is 0 Å². The number of benzene rings is 1. The molecule has 0 spiro atoms. The van der Waals surface area contributed by atoms with E-state index in [4.69, 9.17) is 0 Å². The molecule has 1 nitrogen and oxygen atoms in total. The maximum Gasteiger partial charge on any atom is 0.00671 e. The van der Waals surface area contributed by atoms with Crippen LogP contribution < -0.4 is 5.32 Å². The van der Waals surface area contributed by atoms with Gasteiger partial charge < -0.3 is 5.32 Å². The van der Waals surface area contributed by atoms with Crippen LogP contribution in [0.1, 0.15) is 50.0 Å². The van der Waals surface area contributed by atoms with Crippen molar-refractivity contribution in [2.75, 3.05) is 6.54 Å². The van der Waals surface area contributed by atoms with Crippen molar-refractivity contribution in [1.29, 1.82) is 0 Å². The van der Waals surface area contributed by atoms with Gasteiger partial charge in [-0.1, -0.05) is 61.7 Å². The third-order valence-corrected chi connectivity index (χ3v) is 6.05. The zero-order chi connectivity index (χ0) is 14.1. The molecule has 3 aliphatic rings. The van der Waals surface area contributed by atoms with Gasteiger partial charge in [0.25, 0.3) is 0 Å². The molecule has 2 fully saturated rings. The Bertz CT molecular complexity index is 486. The molecule has 21 heavy (non-hydrogen) atoms. The molecule has 0 radical (unpaired) electrons. The van der Waals surface area contributed by atoms with E-state index in [2.05, 4.69) is 47.8 Å². The first-order valence-corrected chi connectivity index (χ1v) is 8.88. The lowest BCUT2D eigenvalue weighted by Crippen LogP contribution is -2.37. The van der Waals surface area contributed by atoms with E-state index in [-0.39, 0.29) is 0 Å². The summed E-state index contributed by atoms with van der Waals surface area (Å²) in [5.41, 5.74) is 1.56. The van der Waals surface area contributed by atoms with Gasteiger partial charge in [0, 0.05) is 6.04 Å². The number of allylic oxidation sites excluding steroid dienone is 2. The fourth-order valence-electron chi connectivity index (χ4n) is 4.98. The minimum atomic E-state index is 0.747. The molecule has 1 aromatic rings. The van der Waals surface area contributed by atoms with Crippen molar-refractivity contribution in [2.45, 2.75) is 50.5 Å². The lowest BCUT2D eigenvalue weighted by Gasteiger charge is -2.31. The van der Waals surface area contributed by atoms with Crippen LogP contribution >= 0.6 is 0 Å². The molecule has 4 atom stereocenters. The molecule has 1 aromatic carbocycles. The second-order valence-corrected chi connectivity index (χ2v) is 7.29. The van der Waals surface area contributed by atoms with Crippen molar-refractivity contribution in [3.05, 3.63) is 48.0 Å². The largest absolute Gasteiger partial charge is 0.314 e. The van der Waals surface area contributed by atoms with E-state index < -0.39 is 0 Å². The van der Waals surface area contributed by atoms with E-state index in [1.165, 1.54) is 45.1 Å². The lowest BCUT2D eigenvalue weighted by atomic mass is 9.78. The van der Waals surface area contributed by atoms with Crippen LogP contribution in [-0.2, 0) is 0 Å². The average molecular weight is 281 g/mol. The predicted molar refractivity (Wildman–Crippen MR) is 88.3 cm³/mol. The summed E-state index contributed by atoms with van der Waals surface area (Å²) in [7, 11) is 0. The summed E-state index contributed by atoms with van der Waals surface area (Å²) < 4.78 is 0. The summed E-state index contributed by atoms with van der Waals surface area (Å²) in [5, 5.41) is 3.91. The van der Waals surface area contributed by atoms with Crippen molar-refractivity contribution in [3.63, 3.8) is 0 Å². The minimum absolute atomic E-state index is 0.747. The molecular formula is C20H27N. The van der Waals surface area contributed by atoms with Gasteiger partial charge in [-0.2, -0.15) is 0 Å². The highest BCUT2D eigenvalue weighted by Crippen LogP contribution is 2.52. The van der Waals surface area contributed by atoms with Crippen LogP contribution in [0, 0.1) is 17.8 Å². The molecule has 0 saturated heterocycles. The maximum atomic E-state index is 3.91. The molecule has 1 heteroatoms. The van der Waals surface area contributed by atoms with Crippen molar-refractivity contribution in [3.8, 4) is 0 Å². The molecule has 0 amide bonds. The quantitative estimate of drug-likeness (QED) is 0.800. The lowest BCUT2D eigenvalue weighted by molar-refractivity contribution is 0.310. The summed E-state index contributed by atoms with van der Waals surface area (Å²) in [5.74, 6) is 3.16. The predicted octanol–water partition coefficient (Wildman–Crippen LogP) is 4.51. The number of hydrogen-bond donors (Lipinski definition) is 1. The summed E-state index contributed by atoms with van der Waals surface area (Å²) in [6.45, 7) is 1.22. The van der Waals surface area contributed by atoms with Crippen molar-refractivity contribution < 1.29 is 0 Å². The minimum Gasteiger partial charge on any atom is -0.314 e. The molecule has 112 valence electrons. The highest BCUT2D eigenvalue weighted by Gasteiger charge is 2.44. The standard InChI is InChI=1S/C20H27N/c1-3-7-15(8-4-1)20-17-12-11-16(13-17)19(20)14-21-18-9-5-2-6-10-18/h1,3-4,7-8,11-12,16-21H,2,5-6,9-10,13-14H2. The summed E-state index contributed by atoms with van der Waals surface area (Å²) in [6, 6.07) is 12.0. The van der Waals surface area contributed by atoms with Crippen LogP contribution in [0.15, 0.2) is 42.5 Å². The third-order valence-electron chi connectivity index (χ3n) is 6.05. The molecule has 0 aromatic heterocycles. The van der Waals surface area contributed by atoms with Crippen LogP contribution in [0.25, 0.3) is 0 Å². The number of hydrogen-bond acceptors (Lipinski definition) is 1. The molecule has 4 rings (SSSR count). The van der Waals surface area contributed by atoms with Crippen LogP contribution in [0.2, 0.25) is 0 Å². The van der Waals surface area contributed by atoms with Gasteiger partial charge in [-0.3, -0.25) is 0 Å². The first-order valence-electron chi connectivity index (χ1n) is 8.88. The average Bonchev–Trinajstić information content (AvgIpc) is 3.16. The third kappa shape index (κ3) is 2.68. The highest BCUT2D eigenvalue weighted by atomic mass is 14.9. The van der Waals surface area contributed by atoms with E-state index in [0.717, 1.165) is 29.7 Å². The monoisotopic (exact) mass is 281 g/mol. The zero-order valence-corrected chi connectivity index (χ0v) is 12.9. The van der Waals surface area contributed by atoms with E-state index in [1.54, 1.807) is 5.56 Å². The number of rotatable bonds is 4. The second-order valence-electron chi connectivity index (χ2n) is 7.29. The van der Waals surface area contributed by atoms with Gasteiger partial charge in [0.15, 0.2) is 0 Å². The van der Waals surface area contributed by atoms with Crippen molar-refractivity contribution in [2.24, 2.45) is 17.8 Å². The molecule has 3 aliphatic carbocycles. The smallest absolute Gasteiger partial charge is 0.00671 e. The molecule has 0 heterocycles. The van der Waals surface area contributed by atoms with Gasteiger partial charge >= 0.3 is 0 Å². The van der Waals surface area contributed by atoms with Gasteiger partial charge in [0.2, 0.25) is 0 Å². The SMILES string of the molecule is C1=CC2CC1C(CNC1CCCCC1)C2c1ccccc1. The van der Waals surface area contributed by atoms with Gasteiger partial charge in [0.1, 0.15) is 0 Å². The first kappa shape index (κ1) is 13.6. The summed E-state index contributed by atoms with van der Waals surface area (Å²) >= 11 is 0. The highest BCUT2D eigenvalue weighted by molar-refractivity contribution is 5.29. The Kier molecular flexibility index (Phi) is 3.85. The van der Waals surface area contributed by atoms with E-state index >= 15 is 0 Å². The molecule has 0 aliphatic heterocycles. The van der Waals surface area contributed by atoms with Crippen LogP contribution in [0.3, 0.4) is 0 Å². The van der Waals surface area contributed by atoms with Crippen molar-refractivity contribution in [1.82, 2.24) is 5.32 Å². The normalized spacial score (nSPS) is 35.4. The van der Waals surface area contributed by atoms with E-state index in [9.17, 15) is 0 Å². The van der Waals surface area contributed by atoms with Crippen LogP contribution in [0.5, 0.6) is 0 Å². The Morgan fingerprint density at radius 3 is 2.48 bits per heavy atom. The van der Waals surface area contributed by atoms with E-state index in [1.807, 2.05) is 0 Å². The van der Waals surface area contributed by atoms with E-state index in [0.29, 0.717) is 0 Å². The summed E-state index contributed by atoms with van der Waals surface area (Å²) in [6.07, 6.45) is 13.5. The van der Waals surface area contributed by atoms with Crippen LogP contribution in [-0.4, -0.2) is 12.6 Å². The van der Waals surface area contributed by atoms with Crippen LogP contribution in [0.4, 0.5) is 0 Å². The fourth-order valence-corrected chi connectivity index (χ4v) is 4.98. The first-order chi connectivity index (χ1) is 10.4. The Balaban J connectivity index is 1.46. The Labute approximate surface area is 128 Å². The van der Waals surface area contributed by atoms with Gasteiger partial charge in [-0.15, -0.1) is 0 Å². The zero-order valence-electron chi connectivity index (χ0n) is 12.9. The van der Waals surface area contributed by atoms with Gasteiger partial charge in [0.05, 0.1) is 0 Å². The Morgan fingerprint density at radius 2 is 1.67 bits per heavy atom. The maximum absolute atomic E-state index is 3.91. The molecule has 2 bridgehead atoms. The fraction of sp³-hybridized carbons (Fsp3) is 0.600. The van der Waals surface area contributed by atoms with Gasteiger partial charge in [-0.05, 0) is 55.0 Å². The number of fused-ring (bicyclic) bond motifs is 2. The Morgan fingerprint density at radius 1 is 0.905 bits per heavy atom. The molecule has 1 N–H and O–H groups in total. The number of nitrogens with one attached hydrogen (secondary N) is 1.